The Bertz CT molecular complexity index is 1040. The van der Waals surface area contributed by atoms with Crippen LogP contribution in [-0.2, 0) is 14.6 Å². The van der Waals surface area contributed by atoms with Crippen LogP contribution in [-0.4, -0.2) is 55.7 Å². The van der Waals surface area contributed by atoms with Crippen LogP contribution in [0.2, 0.25) is 0 Å². The number of hydrogen-bond acceptors (Lipinski definition) is 6. The summed E-state index contributed by atoms with van der Waals surface area (Å²) in [6.45, 7) is 4.63. The molecule has 4 rings (SSSR count). The highest BCUT2D eigenvalue weighted by molar-refractivity contribution is 7.91. The lowest BCUT2D eigenvalue weighted by Crippen LogP contribution is -2.36. The molecule has 2 aromatic heterocycles. The van der Waals surface area contributed by atoms with E-state index < -0.39 is 9.84 Å². The summed E-state index contributed by atoms with van der Waals surface area (Å²) < 4.78 is 29.8. The molecule has 0 bridgehead atoms. The Morgan fingerprint density at radius 3 is 2.77 bits per heavy atom. The molecule has 136 valence electrons. The second-order valence-electron chi connectivity index (χ2n) is 6.19. The smallest absolute Gasteiger partial charge is 0.178 e. The number of anilines is 1. The topological polar surface area (TPSA) is 88.2 Å². The van der Waals surface area contributed by atoms with Crippen molar-refractivity contribution in [2.24, 2.45) is 0 Å². The van der Waals surface area contributed by atoms with E-state index in [4.69, 9.17) is 4.74 Å². The van der Waals surface area contributed by atoms with E-state index in [2.05, 4.69) is 20.1 Å². The van der Waals surface area contributed by atoms with E-state index in [1.807, 2.05) is 12.1 Å². The van der Waals surface area contributed by atoms with Gasteiger partial charge in [-0.3, -0.25) is 5.10 Å². The summed E-state index contributed by atoms with van der Waals surface area (Å²) in [6.07, 6.45) is 1.76. The summed E-state index contributed by atoms with van der Waals surface area (Å²) in [5.41, 5.74) is 2.43. The first-order chi connectivity index (χ1) is 12.6. The summed E-state index contributed by atoms with van der Waals surface area (Å²) in [4.78, 5) is 6.95. The average Bonchev–Trinajstić information content (AvgIpc) is 3.12. The highest BCUT2D eigenvalue weighted by atomic mass is 32.2. The minimum absolute atomic E-state index is 0.0716. The van der Waals surface area contributed by atoms with Crippen molar-refractivity contribution < 1.29 is 13.2 Å². The molecule has 1 fully saturated rings. The molecule has 3 aromatic rings. The second-order valence-corrected chi connectivity index (χ2v) is 8.46. The number of pyridine rings is 1. The number of fused-ring (bicyclic) bond motifs is 1. The molecule has 0 spiro atoms. The van der Waals surface area contributed by atoms with Gasteiger partial charge < -0.3 is 9.64 Å². The van der Waals surface area contributed by atoms with E-state index in [0.717, 1.165) is 41.1 Å². The number of morpholine rings is 1. The molecule has 7 nitrogen and oxygen atoms in total. The van der Waals surface area contributed by atoms with Gasteiger partial charge in [0.05, 0.1) is 29.4 Å². The molecule has 0 unspecified atom stereocenters. The van der Waals surface area contributed by atoms with E-state index >= 15 is 0 Å². The van der Waals surface area contributed by atoms with E-state index in [1.54, 1.807) is 31.3 Å². The van der Waals surface area contributed by atoms with Gasteiger partial charge in [-0.1, -0.05) is 6.92 Å². The highest BCUT2D eigenvalue weighted by Gasteiger charge is 2.17. The van der Waals surface area contributed by atoms with Crippen molar-refractivity contribution in [1.82, 2.24) is 15.2 Å². The molecule has 1 N–H and O–H groups in total. The molecule has 0 radical (unpaired) electrons. The molecule has 8 heteroatoms. The fourth-order valence-corrected chi connectivity index (χ4v) is 4.01. The molecule has 3 heterocycles. The third-order valence-corrected chi connectivity index (χ3v) is 6.36. The van der Waals surface area contributed by atoms with Crippen molar-refractivity contribution >= 4 is 26.6 Å². The van der Waals surface area contributed by atoms with Crippen LogP contribution in [0, 0.1) is 0 Å². The van der Waals surface area contributed by atoms with Crippen molar-refractivity contribution in [3.05, 3.63) is 36.5 Å². The number of aromatic amines is 1. The van der Waals surface area contributed by atoms with Gasteiger partial charge in [-0.15, -0.1) is 0 Å². The predicted octanol–water partition coefficient (Wildman–Crippen LogP) is 2.26. The molecule has 0 saturated carbocycles. The van der Waals surface area contributed by atoms with Gasteiger partial charge in [0.2, 0.25) is 0 Å². The fraction of sp³-hybridized carbons (Fsp3) is 0.333. The number of rotatable bonds is 4. The van der Waals surface area contributed by atoms with Crippen molar-refractivity contribution in [3.63, 3.8) is 0 Å². The van der Waals surface area contributed by atoms with E-state index in [-0.39, 0.29) is 5.75 Å². The molecule has 1 aromatic carbocycles. The first kappa shape index (κ1) is 17.0. The maximum Gasteiger partial charge on any atom is 0.178 e. The molecular formula is C18H20N4O3S. The number of sulfone groups is 1. The number of aromatic nitrogens is 3. The number of nitrogens with zero attached hydrogens (tertiary/aromatic N) is 3. The van der Waals surface area contributed by atoms with Gasteiger partial charge in [-0.05, 0) is 30.3 Å². The molecule has 1 aliphatic rings. The van der Waals surface area contributed by atoms with Gasteiger partial charge in [0, 0.05) is 30.2 Å². The highest BCUT2D eigenvalue weighted by Crippen LogP contribution is 2.30. The lowest BCUT2D eigenvalue weighted by atomic mass is 10.1. The first-order valence-corrected chi connectivity index (χ1v) is 10.2. The minimum atomic E-state index is -3.27. The Kier molecular flexibility index (Phi) is 4.37. The number of H-pyrrole nitrogens is 1. The predicted molar refractivity (Wildman–Crippen MR) is 100 cm³/mol. The summed E-state index contributed by atoms with van der Waals surface area (Å²) in [5, 5.41) is 8.18. The molecule has 0 amide bonds. The van der Waals surface area contributed by atoms with Crippen LogP contribution in [0.3, 0.4) is 0 Å². The number of benzene rings is 1. The van der Waals surface area contributed by atoms with E-state index in [1.165, 1.54) is 0 Å². The van der Waals surface area contributed by atoms with Gasteiger partial charge in [0.15, 0.2) is 9.84 Å². The van der Waals surface area contributed by atoms with E-state index in [9.17, 15) is 8.42 Å². The van der Waals surface area contributed by atoms with Gasteiger partial charge >= 0.3 is 0 Å². The van der Waals surface area contributed by atoms with Crippen molar-refractivity contribution in [1.29, 1.82) is 0 Å². The zero-order valence-corrected chi connectivity index (χ0v) is 15.3. The molecule has 1 saturated heterocycles. The normalized spacial score (nSPS) is 15.5. The van der Waals surface area contributed by atoms with Gasteiger partial charge in [-0.2, -0.15) is 5.10 Å². The summed E-state index contributed by atoms with van der Waals surface area (Å²) in [5.74, 6) is 0.946. The minimum Gasteiger partial charge on any atom is -0.378 e. The third-order valence-electron chi connectivity index (χ3n) is 4.63. The Morgan fingerprint density at radius 1 is 1.19 bits per heavy atom. The first-order valence-electron chi connectivity index (χ1n) is 8.58. The van der Waals surface area contributed by atoms with Gasteiger partial charge in [-0.25, -0.2) is 13.4 Å². The molecule has 0 aliphatic carbocycles. The zero-order valence-electron chi connectivity index (χ0n) is 14.5. The number of hydrogen-bond donors (Lipinski definition) is 1. The quantitative estimate of drug-likeness (QED) is 0.756. The van der Waals surface area contributed by atoms with Crippen LogP contribution in [0.25, 0.3) is 22.2 Å². The Morgan fingerprint density at radius 2 is 2.00 bits per heavy atom. The van der Waals surface area contributed by atoms with Crippen molar-refractivity contribution in [2.75, 3.05) is 37.0 Å². The van der Waals surface area contributed by atoms with Crippen molar-refractivity contribution in [3.8, 4) is 11.3 Å². The number of ether oxygens (including phenoxy) is 1. The fourth-order valence-electron chi connectivity index (χ4n) is 3.10. The Balaban J connectivity index is 1.78. The maximum absolute atomic E-state index is 12.2. The van der Waals surface area contributed by atoms with E-state index in [0.29, 0.717) is 18.1 Å². The van der Waals surface area contributed by atoms with Crippen LogP contribution in [0.1, 0.15) is 6.92 Å². The Labute approximate surface area is 151 Å². The molecule has 26 heavy (non-hydrogen) atoms. The van der Waals surface area contributed by atoms with Crippen LogP contribution in [0.15, 0.2) is 41.4 Å². The third kappa shape index (κ3) is 3.06. The molecule has 0 atom stereocenters. The van der Waals surface area contributed by atoms with Crippen LogP contribution >= 0.6 is 0 Å². The summed E-state index contributed by atoms with van der Waals surface area (Å²) in [6, 6.07) is 8.96. The maximum atomic E-state index is 12.2. The second kappa shape index (κ2) is 6.69. The van der Waals surface area contributed by atoms with Crippen LogP contribution in [0.4, 0.5) is 5.82 Å². The SMILES string of the molecule is CCS(=O)(=O)c1ccc2[nH]nc(-c3ccnc(N4CCOCC4)c3)c2c1. The Hall–Kier alpha value is -2.45. The summed E-state index contributed by atoms with van der Waals surface area (Å²) in [7, 11) is -3.27. The summed E-state index contributed by atoms with van der Waals surface area (Å²) >= 11 is 0. The average molecular weight is 372 g/mol. The van der Waals surface area contributed by atoms with Crippen LogP contribution < -0.4 is 4.90 Å². The van der Waals surface area contributed by atoms with Gasteiger partial charge in [0.25, 0.3) is 0 Å². The lowest BCUT2D eigenvalue weighted by molar-refractivity contribution is 0.122. The molecular weight excluding hydrogens is 352 g/mol. The lowest BCUT2D eigenvalue weighted by Gasteiger charge is -2.27. The van der Waals surface area contributed by atoms with Crippen LogP contribution in [0.5, 0.6) is 0 Å². The van der Waals surface area contributed by atoms with Crippen molar-refractivity contribution in [2.45, 2.75) is 11.8 Å². The number of nitrogens with one attached hydrogen (secondary N) is 1. The zero-order chi connectivity index (χ0) is 18.1. The monoisotopic (exact) mass is 372 g/mol. The standard InChI is InChI=1S/C18H20N4O3S/c1-2-26(23,24)14-3-4-16-15(12-14)18(21-20-16)13-5-6-19-17(11-13)22-7-9-25-10-8-22/h3-6,11-12H,2,7-10H2,1H3,(H,20,21). The largest absolute Gasteiger partial charge is 0.378 e. The molecule has 1 aliphatic heterocycles. The van der Waals surface area contributed by atoms with Gasteiger partial charge in [0.1, 0.15) is 11.5 Å².